The number of fused-ring (bicyclic) bond motifs is 5. The van der Waals surface area contributed by atoms with Crippen molar-refractivity contribution in [3.8, 4) is 0 Å². The van der Waals surface area contributed by atoms with Crippen LogP contribution in [0.2, 0.25) is 0 Å². The Balaban J connectivity index is 1.54. The highest BCUT2D eigenvalue weighted by Crippen LogP contribution is 2.67. The lowest BCUT2D eigenvalue weighted by Gasteiger charge is -2.57. The monoisotopic (exact) mass is 398 g/mol. The maximum atomic E-state index is 13.1. The van der Waals surface area contributed by atoms with Crippen LogP contribution in [0.1, 0.15) is 98.8 Å². The minimum Gasteiger partial charge on any atom is -0.295 e. The molecular weight excluding hydrogens is 356 g/mol. The standard InChI is InChI=1S/C27H42O2/c1-17(2)7-6-8-18(3)21-9-10-22-20-16-25(29)24-15-19(28)11-13-27(24,5)23(20)12-14-26(21,22)4/h15,17-18,20-23H,6-14,16H2,1-5H3/t18?,20?,21?,22?,23?,26-,27-/m1/s1. The van der Waals surface area contributed by atoms with Crippen LogP contribution in [0, 0.1) is 46.3 Å². The normalized spacial score (nSPS) is 42.9. The Labute approximate surface area is 178 Å². The number of ketones is 2. The fraction of sp³-hybridized carbons (Fsp3) is 0.852. The van der Waals surface area contributed by atoms with E-state index in [-0.39, 0.29) is 11.2 Å². The molecule has 4 aliphatic carbocycles. The fourth-order valence-corrected chi connectivity index (χ4v) is 8.41. The maximum Gasteiger partial charge on any atom is 0.159 e. The number of allylic oxidation sites excluding steroid dienone is 1. The Hall–Kier alpha value is -0.920. The van der Waals surface area contributed by atoms with Gasteiger partial charge >= 0.3 is 0 Å². The molecule has 3 saturated carbocycles. The molecule has 2 heteroatoms. The predicted octanol–water partition coefficient (Wildman–Crippen LogP) is 6.78. The zero-order valence-corrected chi connectivity index (χ0v) is 19.4. The molecule has 2 nitrogen and oxygen atoms in total. The van der Waals surface area contributed by atoms with E-state index in [9.17, 15) is 9.59 Å². The van der Waals surface area contributed by atoms with Gasteiger partial charge in [-0.3, -0.25) is 9.59 Å². The van der Waals surface area contributed by atoms with E-state index < -0.39 is 0 Å². The van der Waals surface area contributed by atoms with Crippen LogP contribution in [0.4, 0.5) is 0 Å². The number of carbonyl (C=O) groups is 2. The van der Waals surface area contributed by atoms with Gasteiger partial charge in [-0.15, -0.1) is 0 Å². The van der Waals surface area contributed by atoms with E-state index >= 15 is 0 Å². The van der Waals surface area contributed by atoms with Crippen LogP contribution in [-0.2, 0) is 9.59 Å². The van der Waals surface area contributed by atoms with Crippen LogP contribution < -0.4 is 0 Å². The summed E-state index contributed by atoms with van der Waals surface area (Å²) in [6, 6.07) is 0. The Morgan fingerprint density at radius 2 is 1.76 bits per heavy atom. The second-order valence-corrected chi connectivity index (χ2v) is 12.0. The topological polar surface area (TPSA) is 34.1 Å². The van der Waals surface area contributed by atoms with E-state index in [1.54, 1.807) is 6.08 Å². The highest BCUT2D eigenvalue weighted by Gasteiger charge is 2.60. The van der Waals surface area contributed by atoms with E-state index in [1.807, 2.05) is 0 Å². The molecule has 0 heterocycles. The van der Waals surface area contributed by atoms with Crippen LogP contribution in [0.25, 0.3) is 0 Å². The third-order valence-electron chi connectivity index (χ3n) is 9.99. The SMILES string of the molecule is CC(C)CCCC(C)C1CCC2C3CC(=O)C4=CC(=O)CC[C@]4(C)C3CC[C@]12C. The van der Waals surface area contributed by atoms with Crippen molar-refractivity contribution in [1.82, 2.24) is 0 Å². The molecule has 0 spiro atoms. The van der Waals surface area contributed by atoms with E-state index in [2.05, 4.69) is 34.6 Å². The van der Waals surface area contributed by atoms with Crippen molar-refractivity contribution in [3.05, 3.63) is 11.6 Å². The summed E-state index contributed by atoms with van der Waals surface area (Å²) in [5.41, 5.74) is 1.26. The first-order chi connectivity index (χ1) is 13.7. The highest BCUT2D eigenvalue weighted by molar-refractivity contribution is 6.05. The average Bonchev–Trinajstić information content (AvgIpc) is 3.00. The van der Waals surface area contributed by atoms with Gasteiger partial charge in [-0.2, -0.15) is 0 Å². The Bertz CT molecular complexity index is 703. The largest absolute Gasteiger partial charge is 0.295 e. The summed E-state index contributed by atoms with van der Waals surface area (Å²) in [5.74, 6) is 4.76. The minimum absolute atomic E-state index is 0.0454. The van der Waals surface area contributed by atoms with Gasteiger partial charge < -0.3 is 0 Å². The van der Waals surface area contributed by atoms with Gasteiger partial charge in [-0.05, 0) is 84.5 Å². The Kier molecular flexibility index (Phi) is 5.62. The van der Waals surface area contributed by atoms with Gasteiger partial charge in [0.2, 0.25) is 0 Å². The molecule has 4 rings (SSSR count). The van der Waals surface area contributed by atoms with Gasteiger partial charge in [0, 0.05) is 18.4 Å². The second kappa shape index (κ2) is 7.65. The predicted molar refractivity (Wildman–Crippen MR) is 118 cm³/mol. The summed E-state index contributed by atoms with van der Waals surface area (Å²) >= 11 is 0. The number of Topliss-reactive ketones (excluding diaryl/α,β-unsaturated/α-hetero) is 1. The highest BCUT2D eigenvalue weighted by atomic mass is 16.1. The van der Waals surface area contributed by atoms with Crippen molar-refractivity contribution in [2.24, 2.45) is 46.3 Å². The number of rotatable bonds is 5. The van der Waals surface area contributed by atoms with Gasteiger partial charge in [0.1, 0.15) is 0 Å². The van der Waals surface area contributed by atoms with Gasteiger partial charge in [0.05, 0.1) is 0 Å². The zero-order chi connectivity index (χ0) is 21.0. The van der Waals surface area contributed by atoms with Crippen LogP contribution in [0.3, 0.4) is 0 Å². The quantitative estimate of drug-likeness (QED) is 0.512. The number of hydrogen-bond donors (Lipinski definition) is 0. The average molecular weight is 399 g/mol. The second-order valence-electron chi connectivity index (χ2n) is 12.0. The summed E-state index contributed by atoms with van der Waals surface area (Å²) in [6.07, 6.45) is 13.3. The third kappa shape index (κ3) is 3.47. The molecular formula is C27H42O2. The van der Waals surface area contributed by atoms with E-state index in [4.69, 9.17) is 0 Å². The molecule has 0 amide bonds. The summed E-state index contributed by atoms with van der Waals surface area (Å²) < 4.78 is 0. The molecule has 0 aromatic rings. The molecule has 4 aliphatic rings. The summed E-state index contributed by atoms with van der Waals surface area (Å²) in [5, 5.41) is 0. The smallest absolute Gasteiger partial charge is 0.159 e. The number of carbonyl (C=O) groups excluding carboxylic acids is 2. The molecule has 0 bridgehead atoms. The molecule has 162 valence electrons. The van der Waals surface area contributed by atoms with Crippen molar-refractivity contribution in [2.45, 2.75) is 98.8 Å². The van der Waals surface area contributed by atoms with Crippen LogP contribution in [0.5, 0.6) is 0 Å². The molecule has 3 fully saturated rings. The molecule has 5 unspecified atom stereocenters. The molecule has 0 N–H and O–H groups in total. The van der Waals surface area contributed by atoms with Gasteiger partial charge in [0.25, 0.3) is 0 Å². The number of hydrogen-bond acceptors (Lipinski definition) is 2. The van der Waals surface area contributed by atoms with Crippen molar-refractivity contribution in [2.75, 3.05) is 0 Å². The first kappa shape index (κ1) is 21.3. The lowest BCUT2D eigenvalue weighted by molar-refractivity contribution is -0.131. The maximum absolute atomic E-state index is 13.1. The Morgan fingerprint density at radius 3 is 2.48 bits per heavy atom. The van der Waals surface area contributed by atoms with Crippen LogP contribution in [-0.4, -0.2) is 11.6 Å². The lowest BCUT2D eigenvalue weighted by atomic mass is 9.46. The molecule has 0 aromatic heterocycles. The minimum atomic E-state index is -0.0454. The lowest BCUT2D eigenvalue weighted by Crippen LogP contribution is -2.53. The third-order valence-corrected chi connectivity index (χ3v) is 9.99. The van der Waals surface area contributed by atoms with Gasteiger partial charge in [0.15, 0.2) is 11.6 Å². The summed E-state index contributed by atoms with van der Waals surface area (Å²) in [7, 11) is 0. The zero-order valence-electron chi connectivity index (χ0n) is 19.4. The van der Waals surface area contributed by atoms with Crippen molar-refractivity contribution >= 4 is 11.6 Å². The molecule has 0 radical (unpaired) electrons. The van der Waals surface area contributed by atoms with Gasteiger partial charge in [-0.25, -0.2) is 0 Å². The fourth-order valence-electron chi connectivity index (χ4n) is 8.41. The van der Waals surface area contributed by atoms with Crippen molar-refractivity contribution in [3.63, 3.8) is 0 Å². The van der Waals surface area contributed by atoms with E-state index in [0.29, 0.717) is 41.8 Å². The van der Waals surface area contributed by atoms with Crippen molar-refractivity contribution < 1.29 is 9.59 Å². The van der Waals surface area contributed by atoms with Crippen molar-refractivity contribution in [1.29, 1.82) is 0 Å². The summed E-state index contributed by atoms with van der Waals surface area (Å²) in [6.45, 7) is 12.1. The first-order valence-electron chi connectivity index (χ1n) is 12.4. The molecule has 29 heavy (non-hydrogen) atoms. The first-order valence-corrected chi connectivity index (χ1v) is 12.4. The van der Waals surface area contributed by atoms with Crippen LogP contribution >= 0.6 is 0 Å². The summed E-state index contributed by atoms with van der Waals surface area (Å²) in [4.78, 5) is 25.1. The van der Waals surface area contributed by atoms with Crippen LogP contribution in [0.15, 0.2) is 11.6 Å². The van der Waals surface area contributed by atoms with E-state index in [0.717, 1.165) is 29.7 Å². The van der Waals surface area contributed by atoms with E-state index in [1.165, 1.54) is 44.9 Å². The molecule has 0 aliphatic heterocycles. The molecule has 0 saturated heterocycles. The van der Waals surface area contributed by atoms with Gasteiger partial charge in [-0.1, -0.05) is 53.9 Å². The molecule has 7 atom stereocenters. The molecule has 0 aromatic carbocycles. The Morgan fingerprint density at radius 1 is 1.00 bits per heavy atom.